The molecule has 1 N–H and O–H groups in total. The first-order valence-corrected chi connectivity index (χ1v) is 1.51. The Kier molecular flexibility index (Phi) is 27.5. The Balaban J connectivity index is -0.0000000450. The standard InChI is InChI=1S/CH2OS2.K.Li.2H/c2-1(3)4;;;;/h(H2,2,3,4);;;;. The van der Waals surface area contributed by atoms with Crippen LogP contribution in [0.25, 0.3) is 0 Å². The fourth-order valence-electron chi connectivity index (χ4n) is 0. The van der Waals surface area contributed by atoms with Gasteiger partial charge in [0.25, 0.3) is 0 Å². The molecule has 0 amide bonds. The maximum atomic E-state index is 7.65. The first-order valence-electron chi connectivity index (χ1n) is 0.651. The minimum atomic E-state index is -0.306. The van der Waals surface area contributed by atoms with E-state index in [1.54, 1.807) is 0 Å². The zero-order chi connectivity index (χ0) is 3.58. The molecular weight excluding hydrogens is 138 g/mol. The minimum absolute atomic E-state index is 0. The summed E-state index contributed by atoms with van der Waals surface area (Å²) in [5.74, 6) is 0. The molecule has 6 heavy (non-hydrogen) atoms. The molecule has 0 saturated heterocycles. The second-order valence-corrected chi connectivity index (χ2v) is 1.40. The van der Waals surface area contributed by atoms with Crippen LogP contribution in [-0.4, -0.2) is 79.7 Å². The molecule has 28 valence electrons. The first-order chi connectivity index (χ1) is 1.73. The van der Waals surface area contributed by atoms with Crippen molar-refractivity contribution in [2.45, 2.75) is 0 Å². The van der Waals surface area contributed by atoms with Gasteiger partial charge in [0.1, 0.15) is 0 Å². The fraction of sp³-hybridized carbons (Fsp3) is 0. The summed E-state index contributed by atoms with van der Waals surface area (Å²) < 4.78 is -0.306. The number of aliphatic hydroxyl groups is 1. The summed E-state index contributed by atoms with van der Waals surface area (Å²) in [6.07, 6.45) is 0. The second kappa shape index (κ2) is 10.5. The van der Waals surface area contributed by atoms with Gasteiger partial charge in [0.05, 0.1) is 0 Å². The Morgan fingerprint density at radius 3 is 1.67 bits per heavy atom. The van der Waals surface area contributed by atoms with E-state index in [-0.39, 0.29) is 74.6 Å². The van der Waals surface area contributed by atoms with E-state index in [0.29, 0.717) is 0 Å². The van der Waals surface area contributed by atoms with Gasteiger partial charge < -0.3 is 5.11 Å². The molecule has 0 unspecified atom stereocenters. The number of aliphatic hydroxyl groups excluding tert-OH is 1. The predicted octanol–water partition coefficient (Wildman–Crippen LogP) is -0.538. The van der Waals surface area contributed by atoms with Crippen LogP contribution in [0.2, 0.25) is 0 Å². The van der Waals surface area contributed by atoms with E-state index in [0.717, 1.165) is 0 Å². The van der Waals surface area contributed by atoms with Crippen molar-refractivity contribution in [2.24, 2.45) is 0 Å². The fourth-order valence-corrected chi connectivity index (χ4v) is 0. The van der Waals surface area contributed by atoms with Crippen molar-refractivity contribution in [3.63, 3.8) is 0 Å². The average molecular weight is 142 g/mol. The molecule has 5 heteroatoms. The summed E-state index contributed by atoms with van der Waals surface area (Å²) in [5.41, 5.74) is 0. The van der Waals surface area contributed by atoms with Crippen LogP contribution in [0.15, 0.2) is 0 Å². The molecule has 0 aliphatic carbocycles. The SMILES string of the molecule is OC(=S)S.[KH].[LiH]. The molecule has 1 nitrogen and oxygen atoms in total. The van der Waals surface area contributed by atoms with Crippen LogP contribution in [0.4, 0.5) is 0 Å². The van der Waals surface area contributed by atoms with Crippen LogP contribution in [0.3, 0.4) is 0 Å². The van der Waals surface area contributed by atoms with Crippen molar-refractivity contribution >= 4 is 99.5 Å². The molecule has 0 bridgehead atoms. The molecule has 0 saturated carbocycles. The molecule has 0 aliphatic rings. The monoisotopic (exact) mass is 142 g/mol. The summed E-state index contributed by atoms with van der Waals surface area (Å²) in [4.78, 5) is 0. The quantitative estimate of drug-likeness (QED) is 0.269. The third-order valence-electron chi connectivity index (χ3n) is 0. The summed E-state index contributed by atoms with van der Waals surface area (Å²) in [6.45, 7) is 0. The zero-order valence-corrected chi connectivity index (χ0v) is 3.51. The van der Waals surface area contributed by atoms with Crippen LogP contribution in [0.5, 0.6) is 0 Å². The molecule has 0 aromatic carbocycles. The van der Waals surface area contributed by atoms with Gasteiger partial charge in [-0.15, -0.1) is 0 Å². The number of hydrogen-bond acceptors (Lipinski definition) is 1. The van der Waals surface area contributed by atoms with Crippen molar-refractivity contribution in [3.8, 4) is 0 Å². The average Bonchev–Trinajstić information content (AvgIpc) is 0.811. The third kappa shape index (κ3) is 31.7. The Labute approximate surface area is 102 Å². The summed E-state index contributed by atoms with van der Waals surface area (Å²) in [5, 5.41) is 7.65. The second-order valence-electron chi connectivity index (χ2n) is 0.283. The van der Waals surface area contributed by atoms with E-state index in [1.807, 2.05) is 0 Å². The molecule has 0 spiro atoms. The van der Waals surface area contributed by atoms with Crippen molar-refractivity contribution in [1.29, 1.82) is 0 Å². The van der Waals surface area contributed by atoms with Gasteiger partial charge in [-0.25, -0.2) is 0 Å². The summed E-state index contributed by atoms with van der Waals surface area (Å²) in [7, 11) is 0. The number of rotatable bonds is 0. The molecule has 0 aliphatic heterocycles. The van der Waals surface area contributed by atoms with Crippen molar-refractivity contribution in [2.75, 3.05) is 0 Å². The third-order valence-corrected chi connectivity index (χ3v) is 0. The molecule has 0 aromatic heterocycles. The number of hydrogen-bond donors (Lipinski definition) is 2. The maximum absolute atomic E-state index is 7.65. The molecule has 0 radical (unpaired) electrons. The van der Waals surface area contributed by atoms with Crippen LogP contribution in [0, 0.1) is 0 Å². The number of thiocarbonyl (C=S) groups is 1. The molecule has 0 atom stereocenters. The van der Waals surface area contributed by atoms with E-state index in [1.165, 1.54) is 0 Å². The van der Waals surface area contributed by atoms with Crippen molar-refractivity contribution in [1.82, 2.24) is 0 Å². The Morgan fingerprint density at radius 1 is 1.67 bits per heavy atom. The van der Waals surface area contributed by atoms with Crippen LogP contribution in [0.1, 0.15) is 0 Å². The van der Waals surface area contributed by atoms with Gasteiger partial charge in [-0.1, -0.05) is 12.6 Å². The predicted molar refractivity (Wildman–Crippen MR) is 38.5 cm³/mol. The Morgan fingerprint density at radius 2 is 1.67 bits per heavy atom. The van der Waals surface area contributed by atoms with E-state index in [9.17, 15) is 0 Å². The first kappa shape index (κ1) is 15.8. The van der Waals surface area contributed by atoms with Gasteiger partial charge in [-0.05, 0) is 12.2 Å². The van der Waals surface area contributed by atoms with E-state index in [2.05, 4.69) is 24.8 Å². The summed E-state index contributed by atoms with van der Waals surface area (Å²) in [6, 6.07) is 0. The normalized spacial score (nSPS) is 4.17. The van der Waals surface area contributed by atoms with Gasteiger partial charge in [-0.2, -0.15) is 0 Å². The van der Waals surface area contributed by atoms with Gasteiger partial charge in [0.2, 0.25) is 4.38 Å². The Hall–Kier alpha value is 2.47. The molecular formula is CH4KLiOS2. The summed E-state index contributed by atoms with van der Waals surface area (Å²) >= 11 is 7.21. The van der Waals surface area contributed by atoms with Gasteiger partial charge >= 0.3 is 70.2 Å². The van der Waals surface area contributed by atoms with Crippen LogP contribution >= 0.6 is 24.8 Å². The van der Waals surface area contributed by atoms with Crippen LogP contribution < -0.4 is 0 Å². The van der Waals surface area contributed by atoms with E-state index in [4.69, 9.17) is 5.11 Å². The number of thiol groups is 1. The van der Waals surface area contributed by atoms with Gasteiger partial charge in [0.15, 0.2) is 0 Å². The molecule has 0 aromatic rings. The van der Waals surface area contributed by atoms with Crippen molar-refractivity contribution < 1.29 is 5.11 Å². The zero-order valence-electron chi connectivity index (χ0n) is 1.80. The van der Waals surface area contributed by atoms with E-state index >= 15 is 0 Å². The van der Waals surface area contributed by atoms with Crippen LogP contribution in [-0.2, 0) is 0 Å². The van der Waals surface area contributed by atoms with Gasteiger partial charge in [-0.3, -0.25) is 0 Å². The Bertz CT molecular complexity index is 36.5. The molecule has 0 heterocycles. The topological polar surface area (TPSA) is 20.2 Å². The van der Waals surface area contributed by atoms with Gasteiger partial charge in [0, 0.05) is 0 Å². The van der Waals surface area contributed by atoms with Crippen molar-refractivity contribution in [3.05, 3.63) is 0 Å². The van der Waals surface area contributed by atoms with E-state index < -0.39 is 0 Å². The molecule has 0 rings (SSSR count). The molecule has 0 fully saturated rings.